The molecular weight excluding hydrogens is 338 g/mol. The van der Waals surface area contributed by atoms with Gasteiger partial charge in [-0.25, -0.2) is 4.79 Å². The molecule has 146 valence electrons. The van der Waals surface area contributed by atoms with Crippen molar-refractivity contribution in [1.82, 2.24) is 15.1 Å². The van der Waals surface area contributed by atoms with Crippen LogP contribution in [0.3, 0.4) is 0 Å². The zero-order valence-corrected chi connectivity index (χ0v) is 16.6. The standard InChI is InChI=1S/C21H31N5O/c1-21(2,17-24-10-6-3-7-11-24)23-20(27)26-14-12-25(13-15-26)19-9-5-4-8-18(19)16-22/h4-5,8-9H,3,6-7,10-15,17H2,1-2H3,(H,23,27). The van der Waals surface area contributed by atoms with Crippen LogP contribution in [0.1, 0.15) is 38.7 Å². The fourth-order valence-corrected chi connectivity index (χ4v) is 4.08. The van der Waals surface area contributed by atoms with Gasteiger partial charge in [-0.05, 0) is 51.9 Å². The molecule has 2 aliphatic rings. The maximum absolute atomic E-state index is 12.7. The van der Waals surface area contributed by atoms with Gasteiger partial charge in [0, 0.05) is 38.3 Å². The molecule has 0 bridgehead atoms. The summed E-state index contributed by atoms with van der Waals surface area (Å²) < 4.78 is 0. The topological polar surface area (TPSA) is 62.6 Å². The summed E-state index contributed by atoms with van der Waals surface area (Å²) in [6.07, 6.45) is 3.84. The minimum absolute atomic E-state index is 0.0187. The Hall–Kier alpha value is -2.26. The van der Waals surface area contributed by atoms with Gasteiger partial charge in [0.2, 0.25) is 0 Å². The van der Waals surface area contributed by atoms with Gasteiger partial charge >= 0.3 is 6.03 Å². The van der Waals surface area contributed by atoms with Crippen LogP contribution in [-0.4, -0.2) is 67.2 Å². The van der Waals surface area contributed by atoms with E-state index in [1.54, 1.807) is 0 Å². The monoisotopic (exact) mass is 369 g/mol. The first-order valence-electron chi connectivity index (χ1n) is 10.0. The summed E-state index contributed by atoms with van der Waals surface area (Å²) in [5.74, 6) is 0. The third-order valence-corrected chi connectivity index (χ3v) is 5.44. The fourth-order valence-electron chi connectivity index (χ4n) is 4.08. The lowest BCUT2D eigenvalue weighted by atomic mass is 10.0. The van der Waals surface area contributed by atoms with E-state index in [4.69, 9.17) is 0 Å². The second kappa shape index (κ2) is 8.62. The van der Waals surface area contributed by atoms with Crippen molar-refractivity contribution < 1.29 is 4.79 Å². The van der Waals surface area contributed by atoms with Crippen molar-refractivity contribution in [3.63, 3.8) is 0 Å². The number of urea groups is 1. The van der Waals surface area contributed by atoms with Gasteiger partial charge in [0.15, 0.2) is 0 Å². The van der Waals surface area contributed by atoms with Crippen LogP contribution in [0.2, 0.25) is 0 Å². The third-order valence-electron chi connectivity index (χ3n) is 5.44. The summed E-state index contributed by atoms with van der Waals surface area (Å²) in [6, 6.07) is 9.94. The number of piperidine rings is 1. The maximum Gasteiger partial charge on any atom is 0.317 e. The fraction of sp³-hybridized carbons (Fsp3) is 0.619. The molecule has 0 aliphatic carbocycles. The second-order valence-corrected chi connectivity index (χ2v) is 8.25. The summed E-state index contributed by atoms with van der Waals surface area (Å²) in [7, 11) is 0. The van der Waals surface area contributed by atoms with Crippen molar-refractivity contribution in [2.24, 2.45) is 0 Å². The van der Waals surface area contributed by atoms with Gasteiger partial charge in [0.05, 0.1) is 11.3 Å². The van der Waals surface area contributed by atoms with E-state index in [1.165, 1.54) is 19.3 Å². The molecule has 1 aromatic rings. The van der Waals surface area contributed by atoms with Crippen LogP contribution in [0.4, 0.5) is 10.5 Å². The van der Waals surface area contributed by atoms with Gasteiger partial charge in [-0.1, -0.05) is 18.6 Å². The van der Waals surface area contributed by atoms with E-state index in [1.807, 2.05) is 29.2 Å². The first-order valence-corrected chi connectivity index (χ1v) is 10.0. The van der Waals surface area contributed by atoms with E-state index in [9.17, 15) is 10.1 Å². The lowest BCUT2D eigenvalue weighted by molar-refractivity contribution is 0.154. The van der Waals surface area contributed by atoms with Gasteiger partial charge in [-0.15, -0.1) is 0 Å². The third kappa shape index (κ3) is 5.14. The van der Waals surface area contributed by atoms with Gasteiger partial charge in [-0.3, -0.25) is 0 Å². The quantitative estimate of drug-likeness (QED) is 0.886. The van der Waals surface area contributed by atoms with Crippen LogP contribution in [0, 0.1) is 11.3 Å². The summed E-state index contributed by atoms with van der Waals surface area (Å²) in [6.45, 7) is 10.2. The lowest BCUT2D eigenvalue weighted by Gasteiger charge is -2.40. The van der Waals surface area contributed by atoms with E-state index in [0.717, 1.165) is 38.4 Å². The largest absolute Gasteiger partial charge is 0.367 e. The number of nitriles is 1. The minimum atomic E-state index is -0.237. The minimum Gasteiger partial charge on any atom is -0.367 e. The highest BCUT2D eigenvalue weighted by atomic mass is 16.2. The van der Waals surface area contributed by atoms with Gasteiger partial charge < -0.3 is 20.0 Å². The average Bonchev–Trinajstić information content (AvgIpc) is 2.68. The van der Waals surface area contributed by atoms with E-state index < -0.39 is 0 Å². The average molecular weight is 370 g/mol. The molecule has 3 rings (SSSR count). The molecule has 0 aromatic heterocycles. The zero-order valence-electron chi connectivity index (χ0n) is 16.6. The smallest absolute Gasteiger partial charge is 0.317 e. The first-order chi connectivity index (χ1) is 13.0. The number of piperazine rings is 1. The summed E-state index contributed by atoms with van der Waals surface area (Å²) in [4.78, 5) is 19.3. The Kier molecular flexibility index (Phi) is 6.22. The number of benzene rings is 1. The molecule has 6 heteroatoms. The van der Waals surface area contributed by atoms with E-state index >= 15 is 0 Å². The predicted molar refractivity (Wildman–Crippen MR) is 108 cm³/mol. The number of hydrogen-bond donors (Lipinski definition) is 1. The molecule has 6 nitrogen and oxygen atoms in total. The molecule has 1 aromatic carbocycles. The van der Waals surface area contributed by atoms with E-state index in [0.29, 0.717) is 18.7 Å². The number of carbonyl (C=O) groups is 1. The second-order valence-electron chi connectivity index (χ2n) is 8.25. The lowest BCUT2D eigenvalue weighted by Crippen LogP contribution is -2.58. The highest BCUT2D eigenvalue weighted by Crippen LogP contribution is 2.21. The molecule has 2 amide bonds. The van der Waals surface area contributed by atoms with Gasteiger partial charge in [0.25, 0.3) is 0 Å². The van der Waals surface area contributed by atoms with Crippen LogP contribution in [0.15, 0.2) is 24.3 Å². The molecule has 2 aliphatic heterocycles. The molecule has 1 N–H and O–H groups in total. The molecular formula is C21H31N5O. The van der Waals surface area contributed by atoms with Crippen molar-refractivity contribution in [2.75, 3.05) is 50.7 Å². The van der Waals surface area contributed by atoms with E-state index in [2.05, 4.69) is 35.0 Å². The normalized spacial score (nSPS) is 18.9. The van der Waals surface area contributed by atoms with E-state index in [-0.39, 0.29) is 11.6 Å². The van der Waals surface area contributed by atoms with Crippen LogP contribution in [-0.2, 0) is 0 Å². The zero-order chi connectivity index (χ0) is 19.3. The van der Waals surface area contributed by atoms with Crippen molar-refractivity contribution in [3.05, 3.63) is 29.8 Å². The van der Waals surface area contributed by atoms with Crippen LogP contribution < -0.4 is 10.2 Å². The predicted octanol–water partition coefficient (Wildman–Crippen LogP) is 2.65. The summed E-state index contributed by atoms with van der Waals surface area (Å²) in [5.41, 5.74) is 1.42. The Morgan fingerprint density at radius 3 is 2.41 bits per heavy atom. The summed E-state index contributed by atoms with van der Waals surface area (Å²) in [5, 5.41) is 12.5. The molecule has 2 fully saturated rings. The first kappa shape index (κ1) is 19.5. The molecule has 0 spiro atoms. The van der Waals surface area contributed by atoms with Crippen molar-refractivity contribution in [3.8, 4) is 6.07 Å². The highest BCUT2D eigenvalue weighted by molar-refractivity contribution is 5.75. The Morgan fingerprint density at radius 1 is 1.07 bits per heavy atom. The molecule has 0 unspecified atom stereocenters. The number of likely N-dealkylation sites (tertiary alicyclic amines) is 1. The SMILES string of the molecule is CC(C)(CN1CCCCC1)NC(=O)N1CCN(c2ccccc2C#N)CC1. The van der Waals surface area contributed by atoms with Crippen LogP contribution in [0.25, 0.3) is 0 Å². The molecule has 2 heterocycles. The molecule has 0 saturated carbocycles. The number of anilines is 1. The number of hydrogen-bond acceptors (Lipinski definition) is 4. The molecule has 0 atom stereocenters. The van der Waals surface area contributed by atoms with Gasteiger partial charge in [0.1, 0.15) is 6.07 Å². The van der Waals surface area contributed by atoms with Crippen molar-refractivity contribution in [1.29, 1.82) is 5.26 Å². The number of amides is 2. The van der Waals surface area contributed by atoms with Crippen molar-refractivity contribution in [2.45, 2.75) is 38.6 Å². The highest BCUT2D eigenvalue weighted by Gasteiger charge is 2.29. The van der Waals surface area contributed by atoms with Crippen LogP contribution >= 0.6 is 0 Å². The number of rotatable bonds is 4. The maximum atomic E-state index is 12.7. The number of nitrogens with one attached hydrogen (secondary N) is 1. The molecule has 2 saturated heterocycles. The Bertz CT molecular complexity index is 682. The Balaban J connectivity index is 1.51. The van der Waals surface area contributed by atoms with Gasteiger partial charge in [-0.2, -0.15) is 5.26 Å². The van der Waals surface area contributed by atoms with Crippen molar-refractivity contribution >= 4 is 11.7 Å². The Morgan fingerprint density at radius 2 is 1.74 bits per heavy atom. The summed E-state index contributed by atoms with van der Waals surface area (Å²) >= 11 is 0. The van der Waals surface area contributed by atoms with Crippen LogP contribution in [0.5, 0.6) is 0 Å². The number of nitrogens with zero attached hydrogens (tertiary/aromatic N) is 4. The Labute approximate surface area is 162 Å². The number of carbonyl (C=O) groups excluding carboxylic acids is 1. The molecule has 27 heavy (non-hydrogen) atoms. The molecule has 0 radical (unpaired) electrons. The number of para-hydroxylation sites is 1.